The van der Waals surface area contributed by atoms with Crippen LogP contribution >= 0.6 is 0 Å². The van der Waals surface area contributed by atoms with E-state index in [1.54, 1.807) is 18.2 Å². The van der Waals surface area contributed by atoms with Crippen LogP contribution in [-0.2, 0) is 5.11 Å². The summed E-state index contributed by atoms with van der Waals surface area (Å²) < 4.78 is 4.92. The van der Waals surface area contributed by atoms with Crippen molar-refractivity contribution in [3.05, 3.63) is 69.8 Å². The van der Waals surface area contributed by atoms with Gasteiger partial charge in [0.1, 0.15) is 5.56 Å². The number of nitro groups is 1. The standard InChI is InChI=1S/C14H8NO6/c16-13(17)11-7-6-10(15(19)20)8-12(11)21-14(18)9-4-2-1-3-5-9/h1-8H. The Balaban J connectivity index is 2.37. The van der Waals surface area contributed by atoms with Crippen LogP contribution in [-0.4, -0.2) is 16.9 Å². The van der Waals surface area contributed by atoms with Crippen molar-refractivity contribution in [2.45, 2.75) is 0 Å². The van der Waals surface area contributed by atoms with E-state index in [9.17, 15) is 24.8 Å². The molecule has 0 saturated carbocycles. The van der Waals surface area contributed by atoms with Crippen molar-refractivity contribution < 1.29 is 24.4 Å². The van der Waals surface area contributed by atoms with Gasteiger partial charge in [-0.3, -0.25) is 10.1 Å². The molecule has 0 unspecified atom stereocenters. The summed E-state index contributed by atoms with van der Waals surface area (Å²) in [4.78, 5) is 32.8. The average molecular weight is 286 g/mol. The molecule has 21 heavy (non-hydrogen) atoms. The fourth-order valence-corrected chi connectivity index (χ4v) is 1.61. The van der Waals surface area contributed by atoms with E-state index < -0.39 is 33.9 Å². The lowest BCUT2D eigenvalue weighted by Crippen LogP contribution is -2.11. The molecule has 0 N–H and O–H groups in total. The summed E-state index contributed by atoms with van der Waals surface area (Å²) >= 11 is 0. The van der Waals surface area contributed by atoms with Crippen LogP contribution in [0.15, 0.2) is 48.5 Å². The van der Waals surface area contributed by atoms with Crippen molar-refractivity contribution in [2.24, 2.45) is 0 Å². The molecule has 7 nitrogen and oxygen atoms in total. The molecule has 0 aromatic heterocycles. The van der Waals surface area contributed by atoms with E-state index in [0.29, 0.717) is 0 Å². The molecule has 1 radical (unpaired) electrons. The van der Waals surface area contributed by atoms with Crippen molar-refractivity contribution in [2.75, 3.05) is 0 Å². The second kappa shape index (κ2) is 5.83. The number of esters is 1. The summed E-state index contributed by atoms with van der Waals surface area (Å²) in [5.74, 6) is -2.85. The molecular weight excluding hydrogens is 278 g/mol. The Morgan fingerprint density at radius 3 is 2.29 bits per heavy atom. The minimum Gasteiger partial charge on any atom is -0.422 e. The summed E-state index contributed by atoms with van der Waals surface area (Å²) in [6.45, 7) is 0. The molecule has 7 heteroatoms. The van der Waals surface area contributed by atoms with Crippen LogP contribution in [0.4, 0.5) is 5.69 Å². The zero-order valence-electron chi connectivity index (χ0n) is 10.5. The topological polar surface area (TPSA) is 106 Å². The van der Waals surface area contributed by atoms with Gasteiger partial charge in [0.05, 0.1) is 16.6 Å². The minimum absolute atomic E-state index is 0.188. The van der Waals surface area contributed by atoms with Gasteiger partial charge in [-0.25, -0.2) is 14.7 Å². The van der Waals surface area contributed by atoms with Gasteiger partial charge in [0.2, 0.25) is 0 Å². The van der Waals surface area contributed by atoms with Crippen molar-refractivity contribution in [1.82, 2.24) is 0 Å². The Morgan fingerprint density at radius 1 is 1.05 bits per heavy atom. The monoisotopic (exact) mass is 286 g/mol. The first kappa shape index (κ1) is 14.2. The molecule has 0 heterocycles. The van der Waals surface area contributed by atoms with Gasteiger partial charge in [-0.1, -0.05) is 18.2 Å². The van der Waals surface area contributed by atoms with Gasteiger partial charge < -0.3 is 4.74 Å². The number of non-ortho nitro benzene ring substituents is 1. The van der Waals surface area contributed by atoms with Crippen molar-refractivity contribution in [3.8, 4) is 5.75 Å². The van der Waals surface area contributed by atoms with Gasteiger partial charge >= 0.3 is 11.9 Å². The number of ether oxygens (including phenoxy) is 1. The lowest BCUT2D eigenvalue weighted by Gasteiger charge is -2.06. The fraction of sp³-hybridized carbons (Fsp3) is 0. The lowest BCUT2D eigenvalue weighted by atomic mass is 10.1. The number of hydrogen-bond donors (Lipinski definition) is 0. The van der Waals surface area contributed by atoms with E-state index in [-0.39, 0.29) is 5.56 Å². The van der Waals surface area contributed by atoms with E-state index in [4.69, 9.17) is 4.74 Å². The predicted molar refractivity (Wildman–Crippen MR) is 69.5 cm³/mol. The number of nitrogens with zero attached hydrogens (tertiary/aromatic N) is 1. The van der Waals surface area contributed by atoms with Crippen LogP contribution in [0.25, 0.3) is 0 Å². The Bertz CT molecular complexity index is 711. The Hall–Kier alpha value is -3.22. The first-order valence-corrected chi connectivity index (χ1v) is 5.76. The molecule has 0 aliphatic carbocycles. The summed E-state index contributed by atoms with van der Waals surface area (Å²) in [7, 11) is 0. The third-order valence-corrected chi connectivity index (χ3v) is 2.61. The fourth-order valence-electron chi connectivity index (χ4n) is 1.61. The van der Waals surface area contributed by atoms with Gasteiger partial charge in [0.15, 0.2) is 5.75 Å². The van der Waals surface area contributed by atoms with Gasteiger partial charge in [-0.05, 0) is 18.2 Å². The minimum atomic E-state index is -1.60. The number of benzene rings is 2. The highest BCUT2D eigenvalue weighted by atomic mass is 16.6. The molecule has 0 aliphatic heterocycles. The smallest absolute Gasteiger partial charge is 0.390 e. The normalized spacial score (nSPS) is 9.90. The van der Waals surface area contributed by atoms with E-state index >= 15 is 0 Å². The Morgan fingerprint density at radius 2 is 1.71 bits per heavy atom. The van der Waals surface area contributed by atoms with Gasteiger partial charge in [0.25, 0.3) is 5.69 Å². The molecule has 0 atom stereocenters. The van der Waals surface area contributed by atoms with Crippen LogP contribution in [0.1, 0.15) is 20.7 Å². The van der Waals surface area contributed by atoms with E-state index in [1.807, 2.05) is 0 Å². The molecule has 2 aromatic carbocycles. The number of nitro benzene ring substituents is 1. The SMILES string of the molecule is [O]C(=O)c1ccc([N+](=O)[O-])cc1OC(=O)c1ccccc1. The Kier molecular flexibility index (Phi) is 3.94. The lowest BCUT2D eigenvalue weighted by molar-refractivity contribution is -0.384. The summed E-state index contributed by atoms with van der Waals surface area (Å²) in [5, 5.41) is 21.6. The summed E-state index contributed by atoms with van der Waals surface area (Å²) in [6, 6.07) is 10.7. The first-order chi connectivity index (χ1) is 9.99. The highest BCUT2D eigenvalue weighted by molar-refractivity contribution is 5.95. The number of carbonyl (C=O) groups is 2. The Labute approximate surface area is 118 Å². The zero-order chi connectivity index (χ0) is 15.4. The molecule has 0 amide bonds. The van der Waals surface area contributed by atoms with Crippen LogP contribution in [0.2, 0.25) is 0 Å². The highest BCUT2D eigenvalue weighted by Crippen LogP contribution is 2.25. The largest absolute Gasteiger partial charge is 0.422 e. The molecule has 105 valence electrons. The van der Waals surface area contributed by atoms with Crippen molar-refractivity contribution >= 4 is 17.6 Å². The molecule has 0 spiro atoms. The highest BCUT2D eigenvalue weighted by Gasteiger charge is 2.20. The van der Waals surface area contributed by atoms with E-state index in [0.717, 1.165) is 18.2 Å². The second-order valence-electron chi connectivity index (χ2n) is 3.98. The molecule has 2 rings (SSSR count). The van der Waals surface area contributed by atoms with Crippen LogP contribution in [0, 0.1) is 10.1 Å². The van der Waals surface area contributed by atoms with Crippen molar-refractivity contribution in [1.29, 1.82) is 0 Å². The average Bonchev–Trinajstić information content (AvgIpc) is 2.47. The quantitative estimate of drug-likeness (QED) is 0.371. The van der Waals surface area contributed by atoms with Gasteiger partial charge in [-0.2, -0.15) is 0 Å². The maximum atomic E-state index is 11.9. The first-order valence-electron chi connectivity index (χ1n) is 5.76. The van der Waals surface area contributed by atoms with Crippen LogP contribution < -0.4 is 4.74 Å². The van der Waals surface area contributed by atoms with Gasteiger partial charge in [0, 0.05) is 6.07 Å². The molecule has 0 saturated heterocycles. The van der Waals surface area contributed by atoms with Crippen molar-refractivity contribution in [3.63, 3.8) is 0 Å². The molecule has 0 aliphatic rings. The molecular formula is C14H8NO6. The maximum absolute atomic E-state index is 11.9. The van der Waals surface area contributed by atoms with Crippen LogP contribution in [0.5, 0.6) is 5.75 Å². The summed E-state index contributed by atoms with van der Waals surface area (Å²) in [5.41, 5.74) is -0.644. The number of rotatable bonds is 4. The predicted octanol–water partition coefficient (Wildman–Crippen LogP) is 2.38. The van der Waals surface area contributed by atoms with E-state index in [2.05, 4.69) is 0 Å². The number of carbonyl (C=O) groups excluding carboxylic acids is 2. The molecule has 0 fully saturated rings. The van der Waals surface area contributed by atoms with Gasteiger partial charge in [-0.15, -0.1) is 0 Å². The van der Waals surface area contributed by atoms with E-state index in [1.165, 1.54) is 12.1 Å². The third-order valence-electron chi connectivity index (χ3n) is 2.61. The zero-order valence-corrected chi connectivity index (χ0v) is 10.5. The number of hydrogen-bond acceptors (Lipinski definition) is 5. The summed E-state index contributed by atoms with van der Waals surface area (Å²) in [6.07, 6.45) is 0. The third kappa shape index (κ3) is 3.21. The maximum Gasteiger partial charge on any atom is 0.390 e. The molecule has 0 bridgehead atoms. The van der Waals surface area contributed by atoms with Crippen LogP contribution in [0.3, 0.4) is 0 Å². The molecule has 2 aromatic rings. The second-order valence-corrected chi connectivity index (χ2v) is 3.98.